The third-order valence-electron chi connectivity index (χ3n) is 5.29. The Morgan fingerprint density at radius 3 is 2.86 bits per heavy atom. The zero-order valence-corrected chi connectivity index (χ0v) is 16.5. The van der Waals surface area contributed by atoms with Crippen molar-refractivity contribution in [3.8, 4) is 5.75 Å². The van der Waals surface area contributed by atoms with Gasteiger partial charge in [-0.05, 0) is 30.9 Å². The number of nitrogens with zero attached hydrogens (tertiary/aromatic N) is 2. The van der Waals surface area contributed by atoms with Crippen LogP contribution in [0.1, 0.15) is 43.7 Å². The number of aryl methyl sites for hydroxylation is 1. The summed E-state index contributed by atoms with van der Waals surface area (Å²) in [5.41, 5.74) is 2.05. The minimum Gasteiger partial charge on any atom is -0.491 e. The van der Waals surface area contributed by atoms with Gasteiger partial charge in [0.15, 0.2) is 0 Å². The summed E-state index contributed by atoms with van der Waals surface area (Å²) >= 11 is 0. The van der Waals surface area contributed by atoms with Crippen LogP contribution in [0, 0.1) is 0 Å². The number of carbonyl (C=O) groups excluding carboxylic acids is 3. The molecule has 152 valence electrons. The molecular formula is C21H29N3O4. The van der Waals surface area contributed by atoms with E-state index in [4.69, 9.17) is 4.74 Å². The minimum absolute atomic E-state index is 0.0179. The first-order chi connectivity index (χ1) is 13.5. The lowest BCUT2D eigenvalue weighted by atomic mass is 10.0. The van der Waals surface area contributed by atoms with Crippen molar-refractivity contribution in [2.45, 2.75) is 45.6 Å². The van der Waals surface area contributed by atoms with E-state index in [1.54, 1.807) is 11.8 Å². The molecule has 0 unspecified atom stereocenters. The van der Waals surface area contributed by atoms with Crippen molar-refractivity contribution in [2.24, 2.45) is 0 Å². The van der Waals surface area contributed by atoms with Crippen molar-refractivity contribution in [3.05, 3.63) is 29.3 Å². The Hall–Kier alpha value is -2.57. The summed E-state index contributed by atoms with van der Waals surface area (Å²) in [6, 6.07) is 5.94. The third-order valence-corrected chi connectivity index (χ3v) is 5.29. The molecule has 0 spiro atoms. The number of benzene rings is 1. The van der Waals surface area contributed by atoms with Crippen molar-refractivity contribution in [1.82, 2.24) is 15.1 Å². The summed E-state index contributed by atoms with van der Waals surface area (Å²) in [6.45, 7) is 5.35. The SMILES string of the molecule is CC(=O)N1CCOc2ccc(CCC(=O)NCCCN3CCCC3=O)cc2C1. The maximum Gasteiger partial charge on any atom is 0.222 e. The second-order valence-electron chi connectivity index (χ2n) is 7.42. The number of ether oxygens (including phenoxy) is 1. The van der Waals surface area contributed by atoms with E-state index in [1.165, 1.54) is 0 Å². The van der Waals surface area contributed by atoms with E-state index in [0.29, 0.717) is 45.5 Å². The molecule has 3 amide bonds. The molecule has 28 heavy (non-hydrogen) atoms. The first-order valence-electron chi connectivity index (χ1n) is 10.1. The van der Waals surface area contributed by atoms with Crippen molar-refractivity contribution in [1.29, 1.82) is 0 Å². The van der Waals surface area contributed by atoms with E-state index >= 15 is 0 Å². The average molecular weight is 387 g/mol. The fourth-order valence-corrected chi connectivity index (χ4v) is 3.66. The monoisotopic (exact) mass is 387 g/mol. The van der Waals surface area contributed by atoms with Gasteiger partial charge in [0.25, 0.3) is 0 Å². The third kappa shape index (κ3) is 5.47. The van der Waals surface area contributed by atoms with Gasteiger partial charge in [-0.3, -0.25) is 14.4 Å². The van der Waals surface area contributed by atoms with Gasteiger partial charge < -0.3 is 19.9 Å². The van der Waals surface area contributed by atoms with Crippen molar-refractivity contribution in [3.63, 3.8) is 0 Å². The second kappa shape index (κ2) is 9.57. The number of hydrogen-bond acceptors (Lipinski definition) is 4. The highest BCUT2D eigenvalue weighted by atomic mass is 16.5. The zero-order valence-electron chi connectivity index (χ0n) is 16.5. The van der Waals surface area contributed by atoms with Crippen LogP contribution in [0.25, 0.3) is 0 Å². The lowest BCUT2D eigenvalue weighted by molar-refractivity contribution is -0.129. The van der Waals surface area contributed by atoms with Crippen LogP contribution < -0.4 is 10.1 Å². The number of fused-ring (bicyclic) bond motifs is 1. The van der Waals surface area contributed by atoms with Crippen LogP contribution in [-0.2, 0) is 27.3 Å². The molecule has 1 N–H and O–H groups in total. The Morgan fingerprint density at radius 2 is 2.11 bits per heavy atom. The Bertz CT molecular complexity index is 734. The number of hydrogen-bond donors (Lipinski definition) is 1. The zero-order chi connectivity index (χ0) is 19.9. The van der Waals surface area contributed by atoms with Gasteiger partial charge in [0, 0.05) is 51.5 Å². The van der Waals surface area contributed by atoms with Crippen molar-refractivity contribution >= 4 is 17.7 Å². The van der Waals surface area contributed by atoms with Crippen LogP contribution in [0.5, 0.6) is 5.75 Å². The van der Waals surface area contributed by atoms with Crippen LogP contribution in [0.4, 0.5) is 0 Å². The fourth-order valence-electron chi connectivity index (χ4n) is 3.66. The Morgan fingerprint density at radius 1 is 1.25 bits per heavy atom. The molecule has 2 aliphatic heterocycles. The molecule has 0 saturated carbocycles. The highest BCUT2D eigenvalue weighted by Crippen LogP contribution is 2.25. The first-order valence-corrected chi connectivity index (χ1v) is 10.1. The van der Waals surface area contributed by atoms with E-state index in [-0.39, 0.29) is 17.7 Å². The van der Waals surface area contributed by atoms with E-state index in [9.17, 15) is 14.4 Å². The number of nitrogens with one attached hydrogen (secondary N) is 1. The average Bonchev–Trinajstić information content (AvgIpc) is 2.96. The summed E-state index contributed by atoms with van der Waals surface area (Å²) in [4.78, 5) is 39.0. The van der Waals surface area contributed by atoms with E-state index in [1.807, 2.05) is 23.1 Å². The number of rotatable bonds is 7. The van der Waals surface area contributed by atoms with Crippen molar-refractivity contribution < 1.29 is 19.1 Å². The lowest BCUT2D eigenvalue weighted by Gasteiger charge is -2.17. The molecule has 0 atom stereocenters. The molecule has 7 heteroatoms. The molecule has 2 aliphatic rings. The summed E-state index contributed by atoms with van der Waals surface area (Å²) in [7, 11) is 0. The summed E-state index contributed by atoms with van der Waals surface area (Å²) < 4.78 is 5.72. The smallest absolute Gasteiger partial charge is 0.222 e. The molecule has 1 saturated heterocycles. The topological polar surface area (TPSA) is 79.0 Å². The molecule has 3 rings (SSSR count). The van der Waals surface area contributed by atoms with Crippen LogP contribution in [0.2, 0.25) is 0 Å². The normalized spacial score (nSPS) is 16.4. The van der Waals surface area contributed by atoms with E-state index in [2.05, 4.69) is 5.32 Å². The second-order valence-corrected chi connectivity index (χ2v) is 7.42. The predicted molar refractivity (Wildman–Crippen MR) is 105 cm³/mol. The Balaban J connectivity index is 1.42. The summed E-state index contributed by atoms with van der Waals surface area (Å²) in [5, 5.41) is 2.93. The Labute approximate surface area is 166 Å². The summed E-state index contributed by atoms with van der Waals surface area (Å²) in [6.07, 6.45) is 3.45. The highest BCUT2D eigenvalue weighted by molar-refractivity contribution is 5.78. The van der Waals surface area contributed by atoms with Gasteiger partial charge in [-0.2, -0.15) is 0 Å². The predicted octanol–water partition coefficient (Wildman–Crippen LogP) is 1.49. The standard InChI is InChI=1S/C21H29N3O4/c1-16(25)24-12-13-28-19-7-5-17(14-18(19)15-24)6-8-20(26)22-9-3-11-23-10-2-4-21(23)27/h5,7,14H,2-4,6,8-13,15H2,1H3,(H,22,26). The molecule has 2 heterocycles. The number of likely N-dealkylation sites (tertiary alicyclic amines) is 1. The summed E-state index contributed by atoms with van der Waals surface area (Å²) in [5.74, 6) is 1.09. The van der Waals surface area contributed by atoms with Gasteiger partial charge in [0.2, 0.25) is 17.7 Å². The fraction of sp³-hybridized carbons (Fsp3) is 0.571. The van der Waals surface area contributed by atoms with Gasteiger partial charge in [-0.15, -0.1) is 0 Å². The van der Waals surface area contributed by atoms with Crippen LogP contribution in [0.3, 0.4) is 0 Å². The molecule has 0 aliphatic carbocycles. The maximum atomic E-state index is 12.1. The molecule has 1 aromatic rings. The molecule has 7 nitrogen and oxygen atoms in total. The largest absolute Gasteiger partial charge is 0.491 e. The lowest BCUT2D eigenvalue weighted by Crippen LogP contribution is -2.30. The van der Waals surface area contributed by atoms with Crippen LogP contribution >= 0.6 is 0 Å². The number of amides is 3. The molecular weight excluding hydrogens is 358 g/mol. The van der Waals surface area contributed by atoms with Crippen LogP contribution in [-0.4, -0.2) is 60.3 Å². The molecule has 1 aromatic carbocycles. The van der Waals surface area contributed by atoms with Crippen molar-refractivity contribution in [2.75, 3.05) is 32.8 Å². The van der Waals surface area contributed by atoms with E-state index < -0.39 is 0 Å². The highest BCUT2D eigenvalue weighted by Gasteiger charge is 2.19. The Kier molecular flexibility index (Phi) is 6.90. The van der Waals surface area contributed by atoms with E-state index in [0.717, 1.165) is 42.8 Å². The maximum absolute atomic E-state index is 12.1. The van der Waals surface area contributed by atoms with Gasteiger partial charge in [0.05, 0.1) is 6.54 Å². The van der Waals surface area contributed by atoms with Crippen LogP contribution in [0.15, 0.2) is 18.2 Å². The van der Waals surface area contributed by atoms with Gasteiger partial charge in [-0.25, -0.2) is 0 Å². The first kappa shape index (κ1) is 20.2. The molecule has 0 radical (unpaired) electrons. The van der Waals surface area contributed by atoms with Gasteiger partial charge in [0.1, 0.15) is 12.4 Å². The number of carbonyl (C=O) groups is 3. The molecule has 1 fully saturated rings. The molecule has 0 aromatic heterocycles. The van der Waals surface area contributed by atoms with Gasteiger partial charge >= 0.3 is 0 Å². The van der Waals surface area contributed by atoms with Gasteiger partial charge in [-0.1, -0.05) is 12.1 Å². The minimum atomic E-state index is 0.0179. The quantitative estimate of drug-likeness (QED) is 0.719. The molecule has 0 bridgehead atoms.